The number of ether oxygens (including phenoxy) is 1. The lowest BCUT2D eigenvalue weighted by molar-refractivity contribution is 0.371. The SMILES string of the molecule is COc1ccnc(C(N)=S)c1O. The van der Waals surface area contributed by atoms with E-state index in [9.17, 15) is 5.11 Å². The van der Waals surface area contributed by atoms with Crippen LogP contribution in [0.1, 0.15) is 5.69 Å². The zero-order chi connectivity index (χ0) is 9.14. The van der Waals surface area contributed by atoms with Crippen LogP contribution in [0, 0.1) is 0 Å². The van der Waals surface area contributed by atoms with E-state index in [1.165, 1.54) is 19.4 Å². The van der Waals surface area contributed by atoms with Crippen LogP contribution in [0.4, 0.5) is 0 Å². The van der Waals surface area contributed by atoms with Gasteiger partial charge in [-0.15, -0.1) is 0 Å². The quantitative estimate of drug-likeness (QED) is 0.652. The van der Waals surface area contributed by atoms with E-state index in [1.54, 1.807) is 0 Å². The molecule has 64 valence electrons. The maximum atomic E-state index is 9.40. The van der Waals surface area contributed by atoms with Gasteiger partial charge in [0.25, 0.3) is 0 Å². The number of hydrogen-bond acceptors (Lipinski definition) is 4. The van der Waals surface area contributed by atoms with Crippen LogP contribution < -0.4 is 10.5 Å². The Bertz CT molecular complexity index is 314. The molecule has 0 unspecified atom stereocenters. The molecule has 12 heavy (non-hydrogen) atoms. The van der Waals surface area contributed by atoms with Gasteiger partial charge in [0.1, 0.15) is 10.7 Å². The predicted octanol–water partition coefficient (Wildman–Crippen LogP) is 0.430. The van der Waals surface area contributed by atoms with Crippen LogP contribution in [0.25, 0.3) is 0 Å². The second kappa shape index (κ2) is 3.36. The molecule has 1 aromatic heterocycles. The summed E-state index contributed by atoms with van der Waals surface area (Å²) in [5.41, 5.74) is 5.48. The molecular weight excluding hydrogens is 176 g/mol. The maximum Gasteiger partial charge on any atom is 0.187 e. The highest BCUT2D eigenvalue weighted by molar-refractivity contribution is 7.80. The molecule has 0 bridgehead atoms. The van der Waals surface area contributed by atoms with Gasteiger partial charge in [0.05, 0.1) is 7.11 Å². The second-order valence-electron chi connectivity index (χ2n) is 2.07. The van der Waals surface area contributed by atoms with Gasteiger partial charge in [-0.05, 0) is 0 Å². The van der Waals surface area contributed by atoms with E-state index in [1.807, 2.05) is 0 Å². The Hall–Kier alpha value is -1.36. The molecule has 0 aliphatic heterocycles. The average Bonchev–Trinajstić information content (AvgIpc) is 2.04. The van der Waals surface area contributed by atoms with Crippen molar-refractivity contribution in [3.05, 3.63) is 18.0 Å². The Morgan fingerprint density at radius 1 is 1.75 bits per heavy atom. The number of rotatable bonds is 2. The van der Waals surface area contributed by atoms with Gasteiger partial charge in [-0.3, -0.25) is 0 Å². The minimum absolute atomic E-state index is 0.0476. The first-order chi connectivity index (χ1) is 5.66. The maximum absolute atomic E-state index is 9.40. The van der Waals surface area contributed by atoms with Crippen molar-refractivity contribution in [3.8, 4) is 11.5 Å². The number of methoxy groups -OCH3 is 1. The van der Waals surface area contributed by atoms with Gasteiger partial charge >= 0.3 is 0 Å². The monoisotopic (exact) mass is 184 g/mol. The lowest BCUT2D eigenvalue weighted by Crippen LogP contribution is -2.11. The number of thiocarbonyl (C=S) groups is 1. The lowest BCUT2D eigenvalue weighted by atomic mass is 10.3. The van der Waals surface area contributed by atoms with E-state index in [-0.39, 0.29) is 16.4 Å². The summed E-state index contributed by atoms with van der Waals surface area (Å²) in [7, 11) is 1.44. The fourth-order valence-corrected chi connectivity index (χ4v) is 0.931. The molecule has 1 rings (SSSR count). The molecule has 0 aliphatic carbocycles. The van der Waals surface area contributed by atoms with E-state index < -0.39 is 0 Å². The minimum Gasteiger partial charge on any atom is -0.503 e. The summed E-state index contributed by atoms with van der Waals surface area (Å²) in [5, 5.41) is 9.40. The minimum atomic E-state index is -0.118. The van der Waals surface area contributed by atoms with Crippen molar-refractivity contribution in [2.75, 3.05) is 7.11 Å². The Labute approximate surface area is 75.0 Å². The molecule has 0 atom stereocenters. The van der Waals surface area contributed by atoms with E-state index in [2.05, 4.69) is 17.2 Å². The second-order valence-corrected chi connectivity index (χ2v) is 2.51. The fourth-order valence-electron chi connectivity index (χ4n) is 0.781. The van der Waals surface area contributed by atoms with Crippen LogP contribution in [-0.4, -0.2) is 22.2 Å². The Kier molecular flexibility index (Phi) is 2.44. The van der Waals surface area contributed by atoms with Gasteiger partial charge in [0.2, 0.25) is 0 Å². The Morgan fingerprint density at radius 2 is 2.42 bits per heavy atom. The molecule has 0 fully saturated rings. The summed E-state index contributed by atoms with van der Waals surface area (Å²) in [4.78, 5) is 3.84. The van der Waals surface area contributed by atoms with E-state index in [4.69, 9.17) is 10.5 Å². The van der Waals surface area contributed by atoms with Crippen molar-refractivity contribution >= 4 is 17.2 Å². The van der Waals surface area contributed by atoms with Crippen molar-refractivity contribution < 1.29 is 9.84 Å². The summed E-state index contributed by atoms with van der Waals surface area (Å²) in [6.07, 6.45) is 1.47. The number of aromatic nitrogens is 1. The number of pyridine rings is 1. The molecule has 0 saturated heterocycles. The van der Waals surface area contributed by atoms with Crippen molar-refractivity contribution in [1.29, 1.82) is 0 Å². The zero-order valence-electron chi connectivity index (χ0n) is 6.44. The van der Waals surface area contributed by atoms with Crippen LogP contribution in [0.5, 0.6) is 11.5 Å². The van der Waals surface area contributed by atoms with Crippen LogP contribution >= 0.6 is 12.2 Å². The van der Waals surface area contributed by atoms with E-state index >= 15 is 0 Å². The molecule has 0 spiro atoms. The first kappa shape index (κ1) is 8.73. The van der Waals surface area contributed by atoms with Crippen molar-refractivity contribution in [2.45, 2.75) is 0 Å². The van der Waals surface area contributed by atoms with Gasteiger partial charge in [-0.1, -0.05) is 12.2 Å². The topological polar surface area (TPSA) is 68.4 Å². The normalized spacial score (nSPS) is 9.42. The van der Waals surface area contributed by atoms with Gasteiger partial charge in [-0.25, -0.2) is 4.98 Å². The number of hydrogen-bond donors (Lipinski definition) is 2. The van der Waals surface area contributed by atoms with Gasteiger partial charge in [-0.2, -0.15) is 0 Å². The average molecular weight is 184 g/mol. The van der Waals surface area contributed by atoms with Crippen LogP contribution in [0.2, 0.25) is 0 Å². The fraction of sp³-hybridized carbons (Fsp3) is 0.143. The Morgan fingerprint density at radius 3 is 2.92 bits per heavy atom. The lowest BCUT2D eigenvalue weighted by Gasteiger charge is -2.05. The number of aromatic hydroxyl groups is 1. The number of nitrogens with zero attached hydrogens (tertiary/aromatic N) is 1. The van der Waals surface area contributed by atoms with E-state index in [0.717, 1.165) is 0 Å². The first-order valence-corrected chi connectivity index (χ1v) is 3.59. The summed E-state index contributed by atoms with van der Waals surface area (Å²) in [5.74, 6) is 0.195. The zero-order valence-corrected chi connectivity index (χ0v) is 7.26. The molecule has 4 nitrogen and oxygen atoms in total. The third-order valence-electron chi connectivity index (χ3n) is 1.34. The molecular formula is C7H8N2O2S. The highest BCUT2D eigenvalue weighted by atomic mass is 32.1. The van der Waals surface area contributed by atoms with Crippen LogP contribution in [0.15, 0.2) is 12.3 Å². The standard InChI is InChI=1S/C7H8N2O2S/c1-11-4-2-3-9-5(6(4)10)7(8)12/h2-3,10H,1H3,(H2,8,12). The summed E-state index contributed by atoms with van der Waals surface area (Å²) in [6, 6.07) is 1.52. The first-order valence-electron chi connectivity index (χ1n) is 3.18. The molecule has 3 N–H and O–H groups in total. The van der Waals surface area contributed by atoms with Crippen molar-refractivity contribution in [1.82, 2.24) is 4.98 Å². The van der Waals surface area contributed by atoms with Gasteiger partial charge in [0.15, 0.2) is 11.5 Å². The van der Waals surface area contributed by atoms with Crippen molar-refractivity contribution in [3.63, 3.8) is 0 Å². The molecule has 5 heteroatoms. The third kappa shape index (κ3) is 1.45. The molecule has 0 saturated carbocycles. The van der Waals surface area contributed by atoms with Crippen LogP contribution in [-0.2, 0) is 0 Å². The molecule has 1 heterocycles. The summed E-state index contributed by atoms with van der Waals surface area (Å²) >= 11 is 4.66. The highest BCUT2D eigenvalue weighted by Gasteiger charge is 2.09. The smallest absolute Gasteiger partial charge is 0.187 e. The largest absolute Gasteiger partial charge is 0.503 e. The highest BCUT2D eigenvalue weighted by Crippen LogP contribution is 2.26. The summed E-state index contributed by atoms with van der Waals surface area (Å²) < 4.78 is 4.83. The molecule has 0 radical (unpaired) electrons. The predicted molar refractivity (Wildman–Crippen MR) is 48.3 cm³/mol. The molecule has 0 amide bonds. The van der Waals surface area contributed by atoms with Crippen LogP contribution in [0.3, 0.4) is 0 Å². The van der Waals surface area contributed by atoms with Crippen molar-refractivity contribution in [2.24, 2.45) is 5.73 Å². The molecule has 0 aliphatic rings. The van der Waals surface area contributed by atoms with E-state index in [0.29, 0.717) is 5.75 Å². The Balaban J connectivity index is 3.23. The van der Waals surface area contributed by atoms with Gasteiger partial charge < -0.3 is 15.6 Å². The third-order valence-corrected chi connectivity index (χ3v) is 1.53. The molecule has 0 aromatic carbocycles. The van der Waals surface area contributed by atoms with Gasteiger partial charge in [0, 0.05) is 12.3 Å². The number of nitrogens with two attached hydrogens (primary N) is 1. The molecule has 1 aromatic rings. The summed E-state index contributed by atoms with van der Waals surface area (Å²) in [6.45, 7) is 0.